The second kappa shape index (κ2) is 6.27. The summed E-state index contributed by atoms with van der Waals surface area (Å²) in [6.45, 7) is 4.14. The molecule has 2 aromatic rings. The summed E-state index contributed by atoms with van der Waals surface area (Å²) in [5.74, 6) is 0.208. The van der Waals surface area contributed by atoms with Crippen molar-refractivity contribution in [1.82, 2.24) is 14.8 Å². The maximum Gasteiger partial charge on any atom is 0.139 e. The Kier molecular flexibility index (Phi) is 4.44. The largest absolute Gasteiger partial charge is 0.299 e. The first kappa shape index (κ1) is 13.5. The van der Waals surface area contributed by atoms with Crippen molar-refractivity contribution >= 4 is 5.78 Å². The highest BCUT2D eigenvalue weighted by Gasteiger charge is 2.08. The molecule has 0 unspecified atom stereocenters. The number of pyridine rings is 1. The monoisotopic (exact) mass is 257 g/mol. The fourth-order valence-corrected chi connectivity index (χ4v) is 1.86. The smallest absolute Gasteiger partial charge is 0.139 e. The van der Waals surface area contributed by atoms with Gasteiger partial charge >= 0.3 is 0 Å². The van der Waals surface area contributed by atoms with Crippen LogP contribution in [-0.2, 0) is 17.6 Å². The van der Waals surface area contributed by atoms with Crippen molar-refractivity contribution in [2.24, 2.45) is 0 Å². The molecule has 0 aliphatic heterocycles. The van der Waals surface area contributed by atoms with Crippen LogP contribution in [0.25, 0.3) is 0 Å². The molecule has 100 valence electrons. The topological polar surface area (TPSA) is 47.8 Å². The number of nitrogens with zero attached hydrogens (tertiary/aromatic N) is 3. The average Bonchev–Trinajstić information content (AvgIpc) is 2.86. The van der Waals surface area contributed by atoms with Crippen LogP contribution in [0.15, 0.2) is 36.7 Å². The van der Waals surface area contributed by atoms with Crippen LogP contribution < -0.4 is 0 Å². The van der Waals surface area contributed by atoms with Gasteiger partial charge in [-0.3, -0.25) is 14.5 Å². The summed E-state index contributed by atoms with van der Waals surface area (Å²) in [6, 6.07) is 8.01. The lowest BCUT2D eigenvalue weighted by atomic mass is 10.1. The Bertz CT molecular complexity index is 531. The summed E-state index contributed by atoms with van der Waals surface area (Å²) < 4.78 is 1.88. The van der Waals surface area contributed by atoms with E-state index in [-0.39, 0.29) is 5.78 Å². The predicted molar refractivity (Wildman–Crippen MR) is 73.9 cm³/mol. The number of hydrogen-bond acceptors (Lipinski definition) is 3. The van der Waals surface area contributed by atoms with E-state index in [4.69, 9.17) is 0 Å². The Morgan fingerprint density at radius 2 is 2.11 bits per heavy atom. The third-order valence-corrected chi connectivity index (χ3v) is 2.96. The van der Waals surface area contributed by atoms with Crippen molar-refractivity contribution in [1.29, 1.82) is 0 Å². The summed E-state index contributed by atoms with van der Waals surface area (Å²) in [7, 11) is 0. The summed E-state index contributed by atoms with van der Waals surface area (Å²) in [4.78, 5) is 16.1. The minimum Gasteiger partial charge on any atom is -0.299 e. The average molecular weight is 257 g/mol. The van der Waals surface area contributed by atoms with Crippen molar-refractivity contribution < 1.29 is 4.79 Å². The van der Waals surface area contributed by atoms with E-state index in [1.165, 1.54) is 0 Å². The van der Waals surface area contributed by atoms with Gasteiger partial charge in [-0.2, -0.15) is 5.10 Å². The zero-order chi connectivity index (χ0) is 13.7. The molecule has 0 aliphatic rings. The van der Waals surface area contributed by atoms with Gasteiger partial charge in [0.1, 0.15) is 5.78 Å². The molecule has 2 aromatic heterocycles. The minimum atomic E-state index is 0.208. The van der Waals surface area contributed by atoms with E-state index in [2.05, 4.69) is 23.9 Å². The fourth-order valence-electron chi connectivity index (χ4n) is 1.86. The summed E-state index contributed by atoms with van der Waals surface area (Å²) in [6.07, 6.45) is 5.30. The lowest BCUT2D eigenvalue weighted by molar-refractivity contribution is -0.118. The molecule has 0 radical (unpaired) electrons. The summed E-state index contributed by atoms with van der Waals surface area (Å²) in [5.41, 5.74) is 1.81. The van der Waals surface area contributed by atoms with Gasteiger partial charge in [-0.1, -0.05) is 6.07 Å². The number of aromatic nitrogens is 3. The van der Waals surface area contributed by atoms with Gasteiger partial charge < -0.3 is 0 Å². The summed E-state index contributed by atoms with van der Waals surface area (Å²) in [5, 5.41) is 4.38. The van der Waals surface area contributed by atoms with Gasteiger partial charge in [0.25, 0.3) is 0 Å². The fraction of sp³-hybridized carbons (Fsp3) is 0.400. The Morgan fingerprint density at radius 3 is 2.74 bits per heavy atom. The second-order valence-corrected chi connectivity index (χ2v) is 4.92. The SMILES string of the molecule is CC(C)n1ccc(CC(=O)CCc2ccccn2)n1. The van der Waals surface area contributed by atoms with Crippen LogP contribution >= 0.6 is 0 Å². The van der Waals surface area contributed by atoms with Crippen LogP contribution in [0, 0.1) is 0 Å². The molecule has 0 aliphatic carbocycles. The number of carbonyl (C=O) groups excluding carboxylic acids is 1. The lowest BCUT2D eigenvalue weighted by Gasteiger charge is -2.03. The highest BCUT2D eigenvalue weighted by molar-refractivity contribution is 5.80. The van der Waals surface area contributed by atoms with Gasteiger partial charge in [-0.15, -0.1) is 0 Å². The third kappa shape index (κ3) is 4.02. The van der Waals surface area contributed by atoms with Gasteiger partial charge in [0.15, 0.2) is 0 Å². The van der Waals surface area contributed by atoms with E-state index in [9.17, 15) is 4.79 Å². The third-order valence-electron chi connectivity index (χ3n) is 2.96. The molecule has 19 heavy (non-hydrogen) atoms. The first-order chi connectivity index (χ1) is 9.15. The molecule has 0 spiro atoms. The van der Waals surface area contributed by atoms with Crippen molar-refractivity contribution in [2.75, 3.05) is 0 Å². The van der Waals surface area contributed by atoms with Crippen LogP contribution in [0.3, 0.4) is 0 Å². The van der Waals surface area contributed by atoms with Crippen LogP contribution in [0.4, 0.5) is 0 Å². The number of Topliss-reactive ketones (excluding diaryl/α,β-unsaturated/α-hetero) is 1. The van der Waals surface area contributed by atoms with Crippen LogP contribution in [0.1, 0.15) is 37.7 Å². The Morgan fingerprint density at radius 1 is 1.26 bits per heavy atom. The Labute approximate surface area is 113 Å². The molecule has 0 fully saturated rings. The molecule has 0 bridgehead atoms. The highest BCUT2D eigenvalue weighted by Crippen LogP contribution is 2.07. The van der Waals surface area contributed by atoms with Crippen molar-refractivity contribution in [3.8, 4) is 0 Å². The maximum atomic E-state index is 11.9. The van der Waals surface area contributed by atoms with E-state index < -0.39 is 0 Å². The Balaban J connectivity index is 1.84. The normalized spacial score (nSPS) is 10.9. The number of aryl methyl sites for hydroxylation is 1. The van der Waals surface area contributed by atoms with E-state index in [1.54, 1.807) is 6.20 Å². The van der Waals surface area contributed by atoms with E-state index in [0.717, 1.165) is 11.4 Å². The van der Waals surface area contributed by atoms with E-state index in [0.29, 0.717) is 25.3 Å². The van der Waals surface area contributed by atoms with Gasteiger partial charge in [-0.05, 0) is 38.5 Å². The number of ketones is 1. The molecular formula is C15H19N3O. The Hall–Kier alpha value is -1.97. The van der Waals surface area contributed by atoms with Crippen LogP contribution in [0.5, 0.6) is 0 Å². The summed E-state index contributed by atoms with van der Waals surface area (Å²) >= 11 is 0. The van der Waals surface area contributed by atoms with Crippen molar-refractivity contribution in [2.45, 2.75) is 39.2 Å². The quantitative estimate of drug-likeness (QED) is 0.799. The molecule has 4 heteroatoms. The first-order valence-corrected chi connectivity index (χ1v) is 6.61. The molecule has 0 saturated heterocycles. The molecular weight excluding hydrogens is 238 g/mol. The zero-order valence-electron chi connectivity index (χ0n) is 11.4. The molecule has 0 atom stereocenters. The minimum absolute atomic E-state index is 0.208. The molecule has 2 heterocycles. The van der Waals surface area contributed by atoms with Gasteiger partial charge in [0, 0.05) is 30.6 Å². The second-order valence-electron chi connectivity index (χ2n) is 4.92. The number of carbonyl (C=O) groups is 1. The molecule has 0 aromatic carbocycles. The zero-order valence-corrected chi connectivity index (χ0v) is 11.4. The van der Waals surface area contributed by atoms with Gasteiger partial charge in [-0.25, -0.2) is 0 Å². The van der Waals surface area contributed by atoms with Crippen LogP contribution in [0.2, 0.25) is 0 Å². The van der Waals surface area contributed by atoms with Gasteiger partial charge in [0.2, 0.25) is 0 Å². The standard InChI is InChI=1S/C15H19N3O/c1-12(2)18-10-8-14(17-18)11-15(19)7-6-13-5-3-4-9-16-13/h3-5,8-10,12H,6-7,11H2,1-2H3. The molecule has 2 rings (SSSR count). The number of hydrogen-bond donors (Lipinski definition) is 0. The van der Waals surface area contributed by atoms with Gasteiger partial charge in [0.05, 0.1) is 12.1 Å². The molecule has 0 amide bonds. The van der Waals surface area contributed by atoms with Crippen LogP contribution in [-0.4, -0.2) is 20.5 Å². The van der Waals surface area contributed by atoms with Crippen molar-refractivity contribution in [3.05, 3.63) is 48.0 Å². The van der Waals surface area contributed by atoms with Crippen molar-refractivity contribution in [3.63, 3.8) is 0 Å². The van der Waals surface area contributed by atoms with E-state index >= 15 is 0 Å². The highest BCUT2D eigenvalue weighted by atomic mass is 16.1. The van der Waals surface area contributed by atoms with E-state index in [1.807, 2.05) is 35.1 Å². The predicted octanol–water partition coefficient (Wildman–Crippen LogP) is 2.60. The molecule has 0 saturated carbocycles. The maximum absolute atomic E-state index is 11.9. The molecule has 0 N–H and O–H groups in total. The number of rotatable bonds is 6. The molecule has 4 nitrogen and oxygen atoms in total. The lowest BCUT2D eigenvalue weighted by Crippen LogP contribution is -2.07. The first-order valence-electron chi connectivity index (χ1n) is 6.61.